The van der Waals surface area contributed by atoms with Gasteiger partial charge in [0, 0.05) is 57.6 Å². The Hall–Kier alpha value is -2.30. The first-order valence-electron chi connectivity index (χ1n) is 10.5. The van der Waals surface area contributed by atoms with Gasteiger partial charge in [-0.25, -0.2) is 18.9 Å². The number of nitrogens with one attached hydrogen (secondary N) is 1. The third-order valence-electron chi connectivity index (χ3n) is 5.97. The number of pyridine rings is 1. The van der Waals surface area contributed by atoms with E-state index in [1.807, 2.05) is 36.5 Å². The van der Waals surface area contributed by atoms with E-state index in [2.05, 4.69) is 27.3 Å². The van der Waals surface area contributed by atoms with Crippen LogP contribution in [0.1, 0.15) is 6.42 Å². The third-order valence-corrected chi connectivity index (χ3v) is 7.85. The summed E-state index contributed by atoms with van der Waals surface area (Å²) in [6.45, 7) is 5.11. The fourth-order valence-corrected chi connectivity index (χ4v) is 5.30. The number of hydroxylamine groups is 1. The maximum Gasteiger partial charge on any atom is 0.243 e. The Bertz CT molecular complexity index is 1010. The molecule has 2 aliphatic heterocycles. The Morgan fingerprint density at radius 1 is 1.00 bits per heavy atom. The molecule has 2 aromatic rings. The smallest absolute Gasteiger partial charge is 0.243 e. The summed E-state index contributed by atoms with van der Waals surface area (Å²) in [5.74, 6) is 0.977. The van der Waals surface area contributed by atoms with E-state index < -0.39 is 10.0 Å². The molecule has 0 bridgehead atoms. The van der Waals surface area contributed by atoms with Gasteiger partial charge in [-0.15, -0.1) is 0 Å². The molecule has 2 N–H and O–H groups in total. The van der Waals surface area contributed by atoms with Crippen molar-refractivity contribution in [2.75, 3.05) is 57.8 Å². The molecule has 0 amide bonds. The number of likely N-dealkylation sites (N-methyl/N-ethyl adjacent to an activating group) is 1. The van der Waals surface area contributed by atoms with Crippen LogP contribution >= 0.6 is 0 Å². The number of anilines is 1. The molecule has 0 saturated carbocycles. The standard InChI is InChI=1S/C22H29N5O3S/c1-25-12-14-26(15-13-25)22-7-4-20(17-23-22)19-2-5-21(6-3-19)31(29,30)27-10-8-18(9-11-27)16-24-28/h2-8,17,24,28H,9-16H2,1H3. The second kappa shape index (κ2) is 9.46. The van der Waals surface area contributed by atoms with E-state index in [-0.39, 0.29) is 4.90 Å². The monoisotopic (exact) mass is 443 g/mol. The first-order valence-corrected chi connectivity index (χ1v) is 12.0. The SMILES string of the molecule is CN1CCN(c2ccc(-c3ccc(S(=O)(=O)N4CC=C(CNO)CC4)cc3)cn2)CC1. The molecule has 8 nitrogen and oxygen atoms in total. The second-order valence-electron chi connectivity index (χ2n) is 8.03. The summed E-state index contributed by atoms with van der Waals surface area (Å²) in [6.07, 6.45) is 4.31. The molecule has 166 valence electrons. The highest BCUT2D eigenvalue weighted by Crippen LogP contribution is 2.25. The van der Waals surface area contributed by atoms with Gasteiger partial charge >= 0.3 is 0 Å². The molecule has 1 aromatic carbocycles. The topological polar surface area (TPSA) is 89.0 Å². The highest BCUT2D eigenvalue weighted by molar-refractivity contribution is 7.89. The van der Waals surface area contributed by atoms with Crippen molar-refractivity contribution >= 4 is 15.8 Å². The minimum Gasteiger partial charge on any atom is -0.354 e. The van der Waals surface area contributed by atoms with E-state index in [0.29, 0.717) is 26.1 Å². The number of piperazine rings is 1. The maximum absolute atomic E-state index is 13.0. The quantitative estimate of drug-likeness (QED) is 0.520. The van der Waals surface area contributed by atoms with Crippen LogP contribution < -0.4 is 10.4 Å². The van der Waals surface area contributed by atoms with Crippen LogP contribution in [0, 0.1) is 0 Å². The van der Waals surface area contributed by atoms with E-state index >= 15 is 0 Å². The predicted molar refractivity (Wildman–Crippen MR) is 121 cm³/mol. The van der Waals surface area contributed by atoms with Gasteiger partial charge in [0.2, 0.25) is 10.0 Å². The molecule has 0 aliphatic carbocycles. The number of rotatable bonds is 6. The van der Waals surface area contributed by atoms with Crippen LogP contribution in [0.5, 0.6) is 0 Å². The average Bonchev–Trinajstić information content (AvgIpc) is 2.80. The number of hydrogen-bond donors (Lipinski definition) is 2. The summed E-state index contributed by atoms with van der Waals surface area (Å²) in [5.41, 5.74) is 5.03. The molecule has 0 atom stereocenters. The summed E-state index contributed by atoms with van der Waals surface area (Å²) in [5, 5.41) is 8.80. The Morgan fingerprint density at radius 2 is 1.71 bits per heavy atom. The molecule has 0 spiro atoms. The number of sulfonamides is 1. The van der Waals surface area contributed by atoms with E-state index in [1.165, 1.54) is 4.31 Å². The van der Waals surface area contributed by atoms with Gasteiger partial charge in [0.1, 0.15) is 5.82 Å². The lowest BCUT2D eigenvalue weighted by atomic mass is 10.1. The summed E-state index contributed by atoms with van der Waals surface area (Å²) < 4.78 is 27.4. The zero-order chi connectivity index (χ0) is 21.8. The molecule has 1 fully saturated rings. The maximum atomic E-state index is 13.0. The molecule has 3 heterocycles. The predicted octanol–water partition coefficient (Wildman–Crippen LogP) is 1.80. The highest BCUT2D eigenvalue weighted by Gasteiger charge is 2.26. The molecule has 0 unspecified atom stereocenters. The molecule has 2 aliphatic rings. The Labute approximate surface area is 183 Å². The van der Waals surface area contributed by atoms with Crippen molar-refractivity contribution in [3.05, 3.63) is 54.2 Å². The Balaban J connectivity index is 1.44. The Morgan fingerprint density at radius 3 is 2.29 bits per heavy atom. The van der Waals surface area contributed by atoms with Gasteiger partial charge in [0.05, 0.1) is 4.90 Å². The zero-order valence-electron chi connectivity index (χ0n) is 17.7. The normalized spacial score (nSPS) is 18.8. The fraction of sp³-hybridized carbons (Fsp3) is 0.409. The van der Waals surface area contributed by atoms with Crippen LogP contribution in [0.25, 0.3) is 11.1 Å². The third kappa shape index (κ3) is 4.97. The summed E-state index contributed by atoms with van der Waals surface area (Å²) in [6, 6.07) is 11.1. The van der Waals surface area contributed by atoms with Gasteiger partial charge in [0.25, 0.3) is 0 Å². The second-order valence-corrected chi connectivity index (χ2v) is 9.97. The van der Waals surface area contributed by atoms with Crippen LogP contribution in [-0.4, -0.2) is 80.7 Å². The largest absolute Gasteiger partial charge is 0.354 e. The van der Waals surface area contributed by atoms with Crippen LogP contribution in [-0.2, 0) is 10.0 Å². The first kappa shape index (κ1) is 21.9. The first-order chi connectivity index (χ1) is 15.0. The summed E-state index contributed by atoms with van der Waals surface area (Å²) in [4.78, 5) is 9.51. The Kier molecular flexibility index (Phi) is 6.68. The van der Waals surface area contributed by atoms with E-state index in [1.54, 1.807) is 12.1 Å². The van der Waals surface area contributed by atoms with Crippen LogP contribution in [0.4, 0.5) is 5.82 Å². The van der Waals surface area contributed by atoms with Gasteiger partial charge in [-0.1, -0.05) is 23.8 Å². The lowest BCUT2D eigenvalue weighted by Gasteiger charge is -2.33. The molecule has 0 radical (unpaired) electrons. The van der Waals surface area contributed by atoms with E-state index in [4.69, 9.17) is 5.21 Å². The molecule has 31 heavy (non-hydrogen) atoms. The van der Waals surface area contributed by atoms with Gasteiger partial charge in [0.15, 0.2) is 0 Å². The molecule has 1 aromatic heterocycles. The van der Waals surface area contributed by atoms with Crippen molar-refractivity contribution in [3.8, 4) is 11.1 Å². The number of aromatic nitrogens is 1. The molecular formula is C22H29N5O3S. The van der Waals surface area contributed by atoms with Crippen molar-refractivity contribution in [2.24, 2.45) is 0 Å². The average molecular weight is 444 g/mol. The molecule has 1 saturated heterocycles. The number of hydrogen-bond acceptors (Lipinski definition) is 7. The van der Waals surface area contributed by atoms with Gasteiger partial charge in [-0.2, -0.15) is 4.31 Å². The van der Waals surface area contributed by atoms with Crippen molar-refractivity contribution in [3.63, 3.8) is 0 Å². The van der Waals surface area contributed by atoms with E-state index in [0.717, 1.165) is 48.7 Å². The fourth-order valence-electron chi connectivity index (χ4n) is 3.92. The number of nitrogens with zero attached hydrogens (tertiary/aromatic N) is 4. The minimum atomic E-state index is -3.55. The molecule has 4 rings (SSSR count). The van der Waals surface area contributed by atoms with Gasteiger partial charge in [-0.05, 0) is 43.3 Å². The van der Waals surface area contributed by atoms with Crippen LogP contribution in [0.2, 0.25) is 0 Å². The van der Waals surface area contributed by atoms with Gasteiger partial charge in [-0.3, -0.25) is 0 Å². The van der Waals surface area contributed by atoms with Crippen LogP contribution in [0.15, 0.2) is 59.1 Å². The van der Waals surface area contributed by atoms with Crippen molar-refractivity contribution in [2.45, 2.75) is 11.3 Å². The summed E-state index contributed by atoms with van der Waals surface area (Å²) >= 11 is 0. The highest BCUT2D eigenvalue weighted by atomic mass is 32.2. The summed E-state index contributed by atoms with van der Waals surface area (Å²) in [7, 11) is -1.41. The number of benzene rings is 1. The zero-order valence-corrected chi connectivity index (χ0v) is 18.6. The van der Waals surface area contributed by atoms with Crippen molar-refractivity contribution in [1.82, 2.24) is 19.7 Å². The van der Waals surface area contributed by atoms with Gasteiger partial charge < -0.3 is 15.0 Å². The van der Waals surface area contributed by atoms with E-state index in [9.17, 15) is 8.42 Å². The lowest BCUT2D eigenvalue weighted by molar-refractivity contribution is 0.175. The van der Waals surface area contributed by atoms with Crippen molar-refractivity contribution < 1.29 is 13.6 Å². The molecular weight excluding hydrogens is 414 g/mol. The lowest BCUT2D eigenvalue weighted by Crippen LogP contribution is -2.44. The van der Waals surface area contributed by atoms with Crippen molar-refractivity contribution in [1.29, 1.82) is 0 Å². The minimum absolute atomic E-state index is 0.287. The molecule has 9 heteroatoms. The van der Waals surface area contributed by atoms with Crippen LogP contribution in [0.3, 0.4) is 0 Å².